The number of hydrogen-bond acceptors (Lipinski definition) is 3. The average molecular weight is 189 g/mol. The molecule has 1 heterocycles. The minimum Gasteiger partial charge on any atom is -0.298 e. The van der Waals surface area contributed by atoms with E-state index < -0.39 is 5.92 Å². The molecule has 2 unspecified atom stereocenters. The summed E-state index contributed by atoms with van der Waals surface area (Å²) in [6, 6.07) is 5.31. The predicted molar refractivity (Wildman–Crippen MR) is 50.8 cm³/mol. The van der Waals surface area contributed by atoms with Crippen LogP contribution in [0.3, 0.4) is 0 Å². The number of ketones is 2. The molecule has 0 amide bonds. The Balaban J connectivity index is 2.36. The topological polar surface area (TPSA) is 47.0 Å². The summed E-state index contributed by atoms with van der Waals surface area (Å²) in [4.78, 5) is 27.2. The van der Waals surface area contributed by atoms with Crippen molar-refractivity contribution in [1.82, 2.24) is 4.98 Å². The van der Waals surface area contributed by atoms with Crippen LogP contribution in [0, 0.1) is 5.92 Å². The Kier molecular flexibility index (Phi) is 2.15. The lowest BCUT2D eigenvalue weighted by Crippen LogP contribution is -2.15. The molecule has 1 aliphatic carbocycles. The van der Waals surface area contributed by atoms with Crippen molar-refractivity contribution in [3.05, 3.63) is 30.1 Å². The fraction of sp³-hybridized carbons (Fsp3) is 0.364. The van der Waals surface area contributed by atoms with Crippen LogP contribution in [0.15, 0.2) is 24.4 Å². The second-order valence-corrected chi connectivity index (χ2v) is 3.66. The molecule has 1 aromatic heterocycles. The van der Waals surface area contributed by atoms with E-state index in [1.165, 1.54) is 0 Å². The first-order valence-corrected chi connectivity index (χ1v) is 4.67. The molecule has 3 nitrogen and oxygen atoms in total. The van der Waals surface area contributed by atoms with Gasteiger partial charge < -0.3 is 0 Å². The van der Waals surface area contributed by atoms with Crippen molar-refractivity contribution in [2.45, 2.75) is 19.3 Å². The van der Waals surface area contributed by atoms with Crippen LogP contribution >= 0.6 is 0 Å². The van der Waals surface area contributed by atoms with E-state index >= 15 is 0 Å². The average Bonchev–Trinajstić information content (AvgIpc) is 2.43. The molecule has 2 atom stereocenters. The van der Waals surface area contributed by atoms with Gasteiger partial charge in [0.25, 0.3) is 0 Å². The first-order valence-electron chi connectivity index (χ1n) is 4.67. The quantitative estimate of drug-likeness (QED) is 0.626. The number of carbonyl (C=O) groups is 2. The largest absolute Gasteiger partial charge is 0.298 e. The van der Waals surface area contributed by atoms with Crippen LogP contribution in [0.5, 0.6) is 0 Å². The zero-order valence-electron chi connectivity index (χ0n) is 7.93. The van der Waals surface area contributed by atoms with Gasteiger partial charge in [0.15, 0.2) is 5.78 Å². The van der Waals surface area contributed by atoms with E-state index in [4.69, 9.17) is 0 Å². The summed E-state index contributed by atoms with van der Waals surface area (Å²) < 4.78 is 0. The van der Waals surface area contributed by atoms with Gasteiger partial charge in [-0.05, 0) is 12.1 Å². The molecule has 0 bridgehead atoms. The van der Waals surface area contributed by atoms with Crippen molar-refractivity contribution in [3.8, 4) is 0 Å². The van der Waals surface area contributed by atoms with E-state index in [2.05, 4.69) is 4.98 Å². The van der Waals surface area contributed by atoms with Crippen LogP contribution in [0.1, 0.15) is 25.0 Å². The summed E-state index contributed by atoms with van der Waals surface area (Å²) in [5.41, 5.74) is 0.590. The van der Waals surface area contributed by atoms with E-state index in [9.17, 15) is 9.59 Å². The highest BCUT2D eigenvalue weighted by molar-refractivity contribution is 6.14. The van der Waals surface area contributed by atoms with Crippen LogP contribution < -0.4 is 0 Å². The first kappa shape index (κ1) is 9.06. The Labute approximate surface area is 82.2 Å². The molecular formula is C11H11NO2. The van der Waals surface area contributed by atoms with Crippen molar-refractivity contribution in [3.63, 3.8) is 0 Å². The maximum Gasteiger partial charge on any atom is 0.152 e. The molecule has 0 aliphatic heterocycles. The predicted octanol–water partition coefficient (Wildman–Crippen LogP) is 1.34. The van der Waals surface area contributed by atoms with E-state index in [0.29, 0.717) is 12.1 Å². The fourth-order valence-corrected chi connectivity index (χ4v) is 1.82. The molecule has 0 saturated heterocycles. The Morgan fingerprint density at radius 3 is 2.64 bits per heavy atom. The number of rotatable bonds is 1. The molecule has 72 valence electrons. The van der Waals surface area contributed by atoms with Gasteiger partial charge in [-0.2, -0.15) is 0 Å². The second-order valence-electron chi connectivity index (χ2n) is 3.66. The Hall–Kier alpha value is -1.51. The van der Waals surface area contributed by atoms with Gasteiger partial charge in [0.2, 0.25) is 0 Å². The van der Waals surface area contributed by atoms with E-state index in [-0.39, 0.29) is 17.5 Å². The van der Waals surface area contributed by atoms with Crippen LogP contribution in [0.25, 0.3) is 0 Å². The third-order valence-corrected chi connectivity index (χ3v) is 2.58. The van der Waals surface area contributed by atoms with Gasteiger partial charge in [-0.15, -0.1) is 0 Å². The molecule has 0 N–H and O–H groups in total. The summed E-state index contributed by atoms with van der Waals surface area (Å²) in [6.07, 6.45) is 1.97. The van der Waals surface area contributed by atoms with Gasteiger partial charge in [0, 0.05) is 18.5 Å². The third-order valence-electron chi connectivity index (χ3n) is 2.58. The number of pyridine rings is 1. The highest BCUT2D eigenvalue weighted by Crippen LogP contribution is 2.30. The Morgan fingerprint density at radius 1 is 1.36 bits per heavy atom. The molecule has 1 fully saturated rings. The Bertz CT molecular complexity index is 372. The van der Waals surface area contributed by atoms with Crippen LogP contribution in [-0.4, -0.2) is 16.6 Å². The lowest BCUT2D eigenvalue weighted by atomic mass is 10.00. The van der Waals surface area contributed by atoms with Gasteiger partial charge in [0.05, 0.1) is 5.69 Å². The van der Waals surface area contributed by atoms with Gasteiger partial charge in [-0.25, -0.2) is 0 Å². The van der Waals surface area contributed by atoms with Crippen LogP contribution in [0.2, 0.25) is 0 Å². The molecule has 0 aromatic carbocycles. The van der Waals surface area contributed by atoms with Crippen LogP contribution in [0.4, 0.5) is 0 Å². The molecule has 1 aromatic rings. The molecule has 2 rings (SSSR count). The molecule has 1 aliphatic rings. The van der Waals surface area contributed by atoms with E-state index in [0.717, 1.165) is 0 Å². The van der Waals surface area contributed by atoms with Crippen molar-refractivity contribution in [2.75, 3.05) is 0 Å². The molecule has 3 heteroatoms. The molecular weight excluding hydrogens is 178 g/mol. The number of carbonyl (C=O) groups excluding carboxylic acids is 2. The van der Waals surface area contributed by atoms with Crippen LogP contribution in [-0.2, 0) is 9.59 Å². The van der Waals surface area contributed by atoms with Crippen molar-refractivity contribution in [2.24, 2.45) is 5.92 Å². The minimum atomic E-state index is -0.605. The number of nitrogens with zero attached hydrogens (tertiary/aromatic N) is 1. The summed E-state index contributed by atoms with van der Waals surface area (Å²) in [7, 11) is 0. The van der Waals surface area contributed by atoms with Gasteiger partial charge in [-0.1, -0.05) is 13.0 Å². The monoisotopic (exact) mass is 189 g/mol. The molecule has 0 radical (unpaired) electrons. The lowest BCUT2D eigenvalue weighted by molar-refractivity contribution is -0.124. The van der Waals surface area contributed by atoms with Crippen molar-refractivity contribution < 1.29 is 9.59 Å². The Morgan fingerprint density at radius 2 is 2.14 bits per heavy atom. The standard InChI is InChI=1S/C11H11NO2/c1-7-6-9(13)10(11(7)14)8-4-2-3-5-12-8/h2-5,7,10H,6H2,1H3. The molecule has 1 saturated carbocycles. The second kappa shape index (κ2) is 3.33. The lowest BCUT2D eigenvalue weighted by Gasteiger charge is -2.05. The maximum atomic E-state index is 11.7. The normalized spacial score (nSPS) is 26.9. The number of aromatic nitrogens is 1. The minimum absolute atomic E-state index is 0.00111. The summed E-state index contributed by atoms with van der Waals surface area (Å²) in [5, 5.41) is 0. The summed E-state index contributed by atoms with van der Waals surface area (Å²) in [6.45, 7) is 1.79. The van der Waals surface area contributed by atoms with Crippen molar-refractivity contribution >= 4 is 11.6 Å². The zero-order chi connectivity index (χ0) is 10.1. The first-order chi connectivity index (χ1) is 6.70. The number of hydrogen-bond donors (Lipinski definition) is 0. The molecule has 0 spiro atoms. The van der Waals surface area contributed by atoms with Crippen molar-refractivity contribution in [1.29, 1.82) is 0 Å². The van der Waals surface area contributed by atoms with Gasteiger partial charge in [0.1, 0.15) is 11.7 Å². The molecule has 14 heavy (non-hydrogen) atoms. The number of Topliss-reactive ketones (excluding diaryl/α,β-unsaturated/α-hetero) is 2. The maximum absolute atomic E-state index is 11.7. The van der Waals surface area contributed by atoms with E-state index in [1.807, 2.05) is 0 Å². The smallest absolute Gasteiger partial charge is 0.152 e. The summed E-state index contributed by atoms with van der Waals surface area (Å²) >= 11 is 0. The van der Waals surface area contributed by atoms with Gasteiger partial charge in [-0.3, -0.25) is 14.6 Å². The highest BCUT2D eigenvalue weighted by atomic mass is 16.2. The van der Waals surface area contributed by atoms with E-state index in [1.54, 1.807) is 31.3 Å². The third kappa shape index (κ3) is 1.35. The zero-order valence-corrected chi connectivity index (χ0v) is 7.93. The summed E-state index contributed by atoms with van der Waals surface area (Å²) in [5.74, 6) is -0.740. The SMILES string of the molecule is CC1CC(=O)C(c2ccccn2)C1=O. The van der Waals surface area contributed by atoms with Gasteiger partial charge >= 0.3 is 0 Å². The fourth-order valence-electron chi connectivity index (χ4n) is 1.82. The highest BCUT2D eigenvalue weighted by Gasteiger charge is 2.40.